The lowest BCUT2D eigenvalue weighted by atomic mass is 9.86. The highest BCUT2D eigenvalue weighted by molar-refractivity contribution is 6.08. The number of carbonyl (C=O) groups excluding carboxylic acids is 2. The van der Waals surface area contributed by atoms with Crippen molar-refractivity contribution in [1.29, 1.82) is 0 Å². The first kappa shape index (κ1) is 32.6. The zero-order valence-corrected chi connectivity index (χ0v) is 27.3. The summed E-state index contributed by atoms with van der Waals surface area (Å²) in [5.41, 5.74) is 2.86. The lowest BCUT2D eigenvalue weighted by molar-refractivity contribution is 0.187. The van der Waals surface area contributed by atoms with E-state index in [9.17, 15) is 9.59 Å². The Morgan fingerprint density at radius 2 is 1.47 bits per heavy atom. The van der Waals surface area contributed by atoms with Gasteiger partial charge in [0, 0.05) is 35.3 Å². The molecule has 1 aromatic heterocycles. The average Bonchev–Trinajstić information content (AvgIpc) is 3.06. The third-order valence-corrected chi connectivity index (χ3v) is 7.42. The van der Waals surface area contributed by atoms with E-state index in [4.69, 9.17) is 14.2 Å². The Morgan fingerprint density at radius 1 is 0.809 bits per heavy atom. The second kappa shape index (κ2) is 14.1. The number of fused-ring (bicyclic) bond motifs is 1. The molecule has 0 aliphatic carbocycles. The van der Waals surface area contributed by atoms with Crippen LogP contribution in [0.2, 0.25) is 0 Å². The molecule has 0 fully saturated rings. The van der Waals surface area contributed by atoms with Crippen molar-refractivity contribution in [1.82, 2.24) is 9.97 Å². The van der Waals surface area contributed by atoms with Gasteiger partial charge in [-0.15, -0.1) is 0 Å². The van der Waals surface area contributed by atoms with Gasteiger partial charge in [-0.25, -0.2) is 14.6 Å². The van der Waals surface area contributed by atoms with Crippen LogP contribution < -0.4 is 30.3 Å². The molecule has 5 aromatic rings. The zero-order valence-electron chi connectivity index (χ0n) is 27.3. The number of amides is 3. The standard InChI is InChI=1S/C36H38N6O5/c1-7-42(24-13-9-8-10-14-24)33-37-20-19-31(41-33)47-30-18-17-27(25-15-11-12-16-26(25)30)38-34(43)39-28-21-23(36(2,3)4)22-29(32(28)45-5)40-35(44)46-6/h8-22H,7H2,1-6H3,(H,40,44)(H2,38,39,43). The number of anilines is 5. The normalized spacial score (nSPS) is 11.0. The number of methoxy groups -OCH3 is 2. The number of benzene rings is 4. The topological polar surface area (TPSA) is 127 Å². The second-order valence-electron chi connectivity index (χ2n) is 11.6. The molecule has 11 nitrogen and oxygen atoms in total. The summed E-state index contributed by atoms with van der Waals surface area (Å²) < 4.78 is 16.7. The first-order valence-electron chi connectivity index (χ1n) is 15.1. The molecule has 0 aliphatic heterocycles. The maximum absolute atomic E-state index is 13.4. The van der Waals surface area contributed by atoms with E-state index in [1.165, 1.54) is 14.2 Å². The van der Waals surface area contributed by atoms with Crippen molar-refractivity contribution >= 4 is 51.6 Å². The number of rotatable bonds is 9. The minimum atomic E-state index is -0.657. The third-order valence-electron chi connectivity index (χ3n) is 7.42. The van der Waals surface area contributed by atoms with Gasteiger partial charge in [0.15, 0.2) is 5.75 Å². The molecule has 0 aliphatic rings. The van der Waals surface area contributed by atoms with Crippen molar-refractivity contribution in [2.24, 2.45) is 0 Å². The molecular weight excluding hydrogens is 596 g/mol. The van der Waals surface area contributed by atoms with Crippen LogP contribution in [-0.2, 0) is 10.2 Å². The van der Waals surface area contributed by atoms with E-state index in [2.05, 4.69) is 25.9 Å². The van der Waals surface area contributed by atoms with E-state index in [-0.39, 0.29) is 11.2 Å². The van der Waals surface area contributed by atoms with Gasteiger partial charge in [-0.1, -0.05) is 63.2 Å². The summed E-state index contributed by atoms with van der Waals surface area (Å²) in [4.78, 5) is 36.6. The van der Waals surface area contributed by atoms with E-state index in [1.54, 1.807) is 30.5 Å². The molecule has 5 rings (SSSR count). The second-order valence-corrected chi connectivity index (χ2v) is 11.6. The van der Waals surface area contributed by atoms with Crippen molar-refractivity contribution in [2.45, 2.75) is 33.1 Å². The summed E-state index contributed by atoms with van der Waals surface area (Å²) in [7, 11) is 2.74. The molecule has 47 heavy (non-hydrogen) atoms. The van der Waals surface area contributed by atoms with E-state index < -0.39 is 12.1 Å². The van der Waals surface area contributed by atoms with Crippen LogP contribution in [0.1, 0.15) is 33.3 Å². The molecule has 0 bridgehead atoms. The summed E-state index contributed by atoms with van der Waals surface area (Å²) in [6, 6.07) is 25.9. The molecule has 0 saturated heterocycles. The maximum Gasteiger partial charge on any atom is 0.411 e. The Hall–Kier alpha value is -5.84. The highest BCUT2D eigenvalue weighted by Crippen LogP contribution is 2.39. The molecule has 0 unspecified atom stereocenters. The van der Waals surface area contributed by atoms with Gasteiger partial charge in [0.2, 0.25) is 11.8 Å². The van der Waals surface area contributed by atoms with E-state index in [0.29, 0.717) is 41.2 Å². The van der Waals surface area contributed by atoms with Crippen molar-refractivity contribution in [3.63, 3.8) is 0 Å². The van der Waals surface area contributed by atoms with E-state index in [0.717, 1.165) is 22.0 Å². The summed E-state index contributed by atoms with van der Waals surface area (Å²) in [5, 5.41) is 10.1. The van der Waals surface area contributed by atoms with Gasteiger partial charge in [-0.2, -0.15) is 4.98 Å². The fraction of sp³-hybridized carbons (Fsp3) is 0.222. The summed E-state index contributed by atoms with van der Waals surface area (Å²) in [6.07, 6.45) is 1.01. The number of hydrogen-bond acceptors (Lipinski definition) is 8. The van der Waals surface area contributed by atoms with Gasteiger partial charge in [-0.05, 0) is 54.3 Å². The Balaban J connectivity index is 1.41. The van der Waals surface area contributed by atoms with Crippen molar-refractivity contribution in [2.75, 3.05) is 41.6 Å². The monoisotopic (exact) mass is 634 g/mol. The van der Waals surface area contributed by atoms with Crippen molar-refractivity contribution in [3.8, 4) is 17.4 Å². The molecule has 0 atom stereocenters. The maximum atomic E-state index is 13.4. The SMILES string of the molecule is CCN(c1ccccc1)c1nccc(Oc2ccc(NC(=O)Nc3cc(C(C)(C)C)cc(NC(=O)OC)c3OC)c3ccccc23)n1. The van der Waals surface area contributed by atoms with E-state index >= 15 is 0 Å². The smallest absolute Gasteiger partial charge is 0.411 e. The highest BCUT2D eigenvalue weighted by Gasteiger charge is 2.22. The van der Waals surface area contributed by atoms with Crippen LogP contribution in [0.3, 0.4) is 0 Å². The predicted octanol–water partition coefficient (Wildman–Crippen LogP) is 8.71. The van der Waals surface area contributed by atoms with Gasteiger partial charge in [0.05, 0.1) is 31.3 Å². The Kier molecular flexibility index (Phi) is 9.74. The predicted molar refractivity (Wildman–Crippen MR) is 186 cm³/mol. The largest absolute Gasteiger partial charge is 0.492 e. The summed E-state index contributed by atoms with van der Waals surface area (Å²) in [6.45, 7) is 8.80. The Morgan fingerprint density at radius 3 is 2.13 bits per heavy atom. The fourth-order valence-corrected chi connectivity index (χ4v) is 5.05. The first-order chi connectivity index (χ1) is 22.6. The third kappa shape index (κ3) is 7.52. The minimum absolute atomic E-state index is 0.283. The Bertz CT molecular complexity index is 1890. The number of aromatic nitrogens is 2. The fourth-order valence-electron chi connectivity index (χ4n) is 5.05. The molecule has 3 N–H and O–H groups in total. The number of ether oxygens (including phenoxy) is 3. The number of hydrogen-bond donors (Lipinski definition) is 3. The first-order valence-corrected chi connectivity index (χ1v) is 15.1. The summed E-state index contributed by atoms with van der Waals surface area (Å²) >= 11 is 0. The number of nitrogens with zero attached hydrogens (tertiary/aromatic N) is 3. The molecule has 0 radical (unpaired) electrons. The average molecular weight is 635 g/mol. The molecule has 3 amide bonds. The lowest BCUT2D eigenvalue weighted by Crippen LogP contribution is -2.22. The van der Waals surface area contributed by atoms with Gasteiger partial charge in [0.1, 0.15) is 5.75 Å². The number of nitrogens with one attached hydrogen (secondary N) is 3. The van der Waals surface area contributed by atoms with Gasteiger partial charge in [0.25, 0.3) is 0 Å². The van der Waals surface area contributed by atoms with Crippen molar-refractivity contribution < 1.29 is 23.8 Å². The number of urea groups is 1. The van der Waals surface area contributed by atoms with Crippen LogP contribution in [-0.4, -0.2) is 42.9 Å². The molecule has 1 heterocycles. The molecular formula is C36H38N6O5. The summed E-state index contributed by atoms with van der Waals surface area (Å²) in [5.74, 6) is 1.75. The van der Waals surface area contributed by atoms with Gasteiger partial charge in [-0.3, -0.25) is 5.32 Å². The molecule has 0 saturated carbocycles. The van der Waals surface area contributed by atoms with Gasteiger partial charge < -0.3 is 29.7 Å². The minimum Gasteiger partial charge on any atom is -0.492 e. The van der Waals surface area contributed by atoms with Crippen LogP contribution in [0.5, 0.6) is 17.4 Å². The zero-order chi connectivity index (χ0) is 33.6. The van der Waals surface area contributed by atoms with Crippen LogP contribution in [0.15, 0.2) is 91.1 Å². The molecule has 0 spiro atoms. The quantitative estimate of drug-likeness (QED) is 0.147. The van der Waals surface area contributed by atoms with Gasteiger partial charge >= 0.3 is 12.1 Å². The Labute approximate surface area is 273 Å². The van der Waals surface area contributed by atoms with Crippen molar-refractivity contribution in [3.05, 3.63) is 96.7 Å². The van der Waals surface area contributed by atoms with Crippen LogP contribution >= 0.6 is 0 Å². The highest BCUT2D eigenvalue weighted by atomic mass is 16.5. The molecule has 4 aromatic carbocycles. The number of para-hydroxylation sites is 1. The molecule has 242 valence electrons. The van der Waals surface area contributed by atoms with Crippen LogP contribution in [0.4, 0.5) is 38.3 Å². The van der Waals surface area contributed by atoms with E-state index in [1.807, 2.05) is 93.3 Å². The lowest BCUT2D eigenvalue weighted by Gasteiger charge is -2.24. The van der Waals surface area contributed by atoms with Crippen LogP contribution in [0, 0.1) is 0 Å². The number of carbonyl (C=O) groups is 2. The molecule has 11 heteroatoms. The van der Waals surface area contributed by atoms with Crippen LogP contribution in [0.25, 0.3) is 10.8 Å².